The largest absolute Gasteiger partial charge is 0.554 e. The molecule has 124 valence electrons. The van der Waals surface area contributed by atoms with Crippen LogP contribution in [0.5, 0.6) is 0 Å². The van der Waals surface area contributed by atoms with Gasteiger partial charge in [0.05, 0.1) is 13.2 Å². The summed E-state index contributed by atoms with van der Waals surface area (Å²) in [5.41, 5.74) is -0.142. The summed E-state index contributed by atoms with van der Waals surface area (Å²) in [5.74, 6) is 0. The average Bonchev–Trinajstić information content (AvgIpc) is 2.27. The van der Waals surface area contributed by atoms with Crippen LogP contribution in [0.4, 0.5) is 0 Å². The Balaban J connectivity index is -0.000000187. The zero-order chi connectivity index (χ0) is 12.3. The molecule has 0 spiro atoms. The maximum Gasteiger partial charge on any atom is 0.0562 e. The summed E-state index contributed by atoms with van der Waals surface area (Å²) in [6.45, 7) is 7.33. The molecule has 0 aromatic rings. The first-order chi connectivity index (χ1) is 7.68. The summed E-state index contributed by atoms with van der Waals surface area (Å²) in [4.78, 5) is 0. The second kappa shape index (κ2) is 20.2. The molecule has 20 heavy (non-hydrogen) atoms. The predicted octanol–water partition coefficient (Wildman–Crippen LogP) is 3.53. The third kappa shape index (κ3) is 16.8. The molecular weight excluding hydrogens is 511 g/mol. The molecule has 0 saturated carbocycles. The van der Waals surface area contributed by atoms with Gasteiger partial charge in [-0.3, -0.25) is 0 Å². The van der Waals surface area contributed by atoms with Gasteiger partial charge in [-0.15, -0.1) is 0 Å². The molecule has 4 nitrogen and oxygen atoms in total. The predicted molar refractivity (Wildman–Crippen MR) is 83.2 cm³/mol. The van der Waals surface area contributed by atoms with Crippen molar-refractivity contribution >= 4 is 0 Å². The Kier molecular flexibility index (Phi) is 31.6. The molecule has 0 aromatic heterocycles. The first-order valence-electron chi connectivity index (χ1n) is 5.82. The van der Waals surface area contributed by atoms with Crippen molar-refractivity contribution in [3.8, 4) is 0 Å². The first kappa shape index (κ1) is 31.3. The minimum absolute atomic E-state index is 0. The fraction of sp³-hybridized carbons (Fsp3) is 0.933. The fourth-order valence-electron chi connectivity index (χ4n) is 1.35. The van der Waals surface area contributed by atoms with Gasteiger partial charge < -0.3 is 19.3 Å². The van der Waals surface area contributed by atoms with Crippen LogP contribution in [-0.2, 0) is 14.2 Å². The number of unbranched alkanes of at least 4 members (excludes halogenated alkanes) is 1. The molecule has 0 rings (SSSR count). The van der Waals surface area contributed by atoms with Gasteiger partial charge in [-0.05, 0) is 19.8 Å². The van der Waals surface area contributed by atoms with Crippen molar-refractivity contribution in [1.29, 1.82) is 0 Å². The van der Waals surface area contributed by atoms with Crippen LogP contribution in [-0.4, -0.2) is 44.7 Å². The molecule has 0 saturated heterocycles. The maximum absolute atomic E-state index is 8.62. The van der Waals surface area contributed by atoms with Crippen molar-refractivity contribution in [2.45, 2.75) is 49.0 Å². The van der Waals surface area contributed by atoms with Gasteiger partial charge >= 0.3 is 0 Å². The van der Waals surface area contributed by atoms with Gasteiger partial charge in [0.2, 0.25) is 0 Å². The molecule has 1 atom stereocenters. The van der Waals surface area contributed by atoms with Crippen LogP contribution in [0, 0.1) is 12.5 Å². The molecule has 0 radical (unpaired) electrons. The zero-order valence-electron chi connectivity index (χ0n) is 11.2. The smallest absolute Gasteiger partial charge is 0.0562 e. The molecule has 0 aliphatic heterocycles. The van der Waals surface area contributed by atoms with E-state index >= 15 is 0 Å². The SMILES string of the molecule is C.C.C.[CH2-]OCC(C)(COCC)COCCCCO.[Rf]. The molecule has 0 heterocycles. The number of hydrogen-bond donors (Lipinski definition) is 1. The standard InChI is InChI=1S/C12H25O4.3CH4.Rf/c1-4-15-10-12(2,9-14-3)11-16-8-6-5-7-13;;;;/h13H,3-11H2,1-2H3;3*1H4;/q-1;;;;. The van der Waals surface area contributed by atoms with E-state index in [1.165, 1.54) is 0 Å². The van der Waals surface area contributed by atoms with Crippen molar-refractivity contribution in [3.63, 3.8) is 0 Å². The minimum Gasteiger partial charge on any atom is -0.554 e. The van der Waals surface area contributed by atoms with Crippen molar-refractivity contribution in [1.82, 2.24) is 0 Å². The summed E-state index contributed by atoms with van der Waals surface area (Å²) >= 11 is 0. The van der Waals surface area contributed by atoms with Gasteiger partial charge in [-0.1, -0.05) is 29.2 Å². The fourth-order valence-corrected chi connectivity index (χ4v) is 1.35. The number of aliphatic hydroxyl groups is 1. The molecular formula is C15H37O4Rf-. The number of rotatable bonds is 11. The van der Waals surface area contributed by atoms with E-state index in [-0.39, 0.29) is 34.3 Å². The zero-order valence-corrected chi connectivity index (χ0v) is 17.6. The molecule has 5 heteroatoms. The van der Waals surface area contributed by atoms with E-state index in [1.807, 2.05) is 6.92 Å². The minimum atomic E-state index is -0.142. The van der Waals surface area contributed by atoms with Crippen LogP contribution >= 0.6 is 0 Å². The molecule has 1 unspecified atom stereocenters. The molecule has 0 aliphatic rings. The van der Waals surface area contributed by atoms with Crippen molar-refractivity contribution in [2.24, 2.45) is 5.41 Å². The molecule has 0 fully saturated rings. The van der Waals surface area contributed by atoms with Gasteiger partial charge in [0, 0.05) is 31.8 Å². The second-order valence-corrected chi connectivity index (χ2v) is 4.28. The van der Waals surface area contributed by atoms with E-state index in [1.54, 1.807) is 0 Å². The van der Waals surface area contributed by atoms with Crippen LogP contribution in [0.15, 0.2) is 0 Å². The summed E-state index contributed by atoms with van der Waals surface area (Å²) in [5, 5.41) is 8.62. The Hall–Kier alpha value is -1.16. The molecule has 0 aliphatic carbocycles. The summed E-state index contributed by atoms with van der Waals surface area (Å²) in [6, 6.07) is 0. The van der Waals surface area contributed by atoms with E-state index in [9.17, 15) is 0 Å². The van der Waals surface area contributed by atoms with Crippen molar-refractivity contribution < 1.29 is 19.3 Å². The Morgan fingerprint density at radius 1 is 1.00 bits per heavy atom. The van der Waals surface area contributed by atoms with Gasteiger partial charge in [0.25, 0.3) is 0 Å². The molecule has 0 bridgehead atoms. The monoisotopic (exact) mass is 548 g/mol. The number of ether oxygens (including phenoxy) is 3. The van der Waals surface area contributed by atoms with E-state index < -0.39 is 0 Å². The van der Waals surface area contributed by atoms with E-state index in [2.05, 4.69) is 14.0 Å². The van der Waals surface area contributed by atoms with Gasteiger partial charge in [0.1, 0.15) is 0 Å². The van der Waals surface area contributed by atoms with Gasteiger partial charge in [0.15, 0.2) is 0 Å². The third-order valence-electron chi connectivity index (χ3n) is 2.25. The Bertz CT molecular complexity index is 159. The molecule has 0 aromatic carbocycles. The maximum atomic E-state index is 8.62. The number of hydrogen-bond acceptors (Lipinski definition) is 4. The van der Waals surface area contributed by atoms with Crippen LogP contribution in [0.3, 0.4) is 0 Å². The van der Waals surface area contributed by atoms with Crippen LogP contribution in [0.2, 0.25) is 0 Å². The topological polar surface area (TPSA) is 47.9 Å². The van der Waals surface area contributed by atoms with E-state index in [4.69, 9.17) is 19.3 Å². The van der Waals surface area contributed by atoms with Crippen LogP contribution in [0.25, 0.3) is 0 Å². The molecule has 1 N–H and O–H groups in total. The van der Waals surface area contributed by atoms with Crippen molar-refractivity contribution in [2.75, 3.05) is 39.6 Å². The average molecular weight is 548 g/mol. The Labute approximate surface area is 121 Å². The summed E-state index contributed by atoms with van der Waals surface area (Å²) in [6.07, 6.45) is 1.67. The summed E-state index contributed by atoms with van der Waals surface area (Å²) < 4.78 is 15.9. The van der Waals surface area contributed by atoms with Gasteiger partial charge in [-0.2, -0.15) is 0 Å². The van der Waals surface area contributed by atoms with Gasteiger partial charge in [-0.25, -0.2) is 7.11 Å². The Morgan fingerprint density at radius 2 is 1.55 bits per heavy atom. The van der Waals surface area contributed by atoms with E-state index in [0.717, 1.165) is 12.8 Å². The third-order valence-corrected chi connectivity index (χ3v) is 2.25. The van der Waals surface area contributed by atoms with Crippen molar-refractivity contribution in [3.05, 3.63) is 7.11 Å². The number of aliphatic hydroxyl groups excluding tert-OH is 1. The van der Waals surface area contributed by atoms with Crippen LogP contribution < -0.4 is 0 Å². The summed E-state index contributed by atoms with van der Waals surface area (Å²) in [7, 11) is 3.39. The molecule has 0 amide bonds. The first-order valence-corrected chi connectivity index (χ1v) is 5.82. The second-order valence-electron chi connectivity index (χ2n) is 4.28. The van der Waals surface area contributed by atoms with Crippen LogP contribution in [0.1, 0.15) is 49.0 Å². The normalized spacial score (nSPS) is 12.0. The van der Waals surface area contributed by atoms with E-state index in [0.29, 0.717) is 33.0 Å². The quantitative estimate of drug-likeness (QED) is 0.317. The Morgan fingerprint density at radius 3 is 2.00 bits per heavy atom.